The van der Waals surface area contributed by atoms with Gasteiger partial charge in [0.15, 0.2) is 5.82 Å². The van der Waals surface area contributed by atoms with Gasteiger partial charge in [0.25, 0.3) is 5.91 Å². The number of aryl methyl sites for hydroxylation is 1. The zero-order chi connectivity index (χ0) is 17.9. The largest absolute Gasteiger partial charge is 0.338 e. The van der Waals surface area contributed by atoms with Crippen molar-refractivity contribution in [2.75, 3.05) is 13.1 Å². The molecule has 3 aromatic rings. The fourth-order valence-electron chi connectivity index (χ4n) is 3.54. The predicted molar refractivity (Wildman–Crippen MR) is 102 cm³/mol. The van der Waals surface area contributed by atoms with Gasteiger partial charge in [0.1, 0.15) is 5.56 Å². The molecule has 0 radical (unpaired) electrons. The van der Waals surface area contributed by atoms with Gasteiger partial charge in [-0.1, -0.05) is 30.5 Å². The number of benzene rings is 1. The minimum absolute atomic E-state index is 0.0777. The van der Waals surface area contributed by atoms with E-state index in [9.17, 15) is 4.79 Å². The average Bonchev–Trinajstić information content (AvgIpc) is 3.25. The van der Waals surface area contributed by atoms with Gasteiger partial charge in [0.05, 0.1) is 11.9 Å². The fourth-order valence-corrected chi connectivity index (χ4v) is 3.54. The summed E-state index contributed by atoms with van der Waals surface area (Å²) in [5, 5.41) is 4.56. The summed E-state index contributed by atoms with van der Waals surface area (Å²) in [5.74, 6) is 0.877. The van der Waals surface area contributed by atoms with Crippen LogP contribution in [0.4, 0.5) is 0 Å². The van der Waals surface area contributed by atoms with Crippen LogP contribution in [0.1, 0.15) is 41.6 Å². The molecule has 26 heavy (non-hydrogen) atoms. The number of likely N-dealkylation sites (tertiary alicyclic amines) is 1. The minimum atomic E-state index is 0.0777. The number of hydrogen-bond acceptors (Lipinski definition) is 2. The van der Waals surface area contributed by atoms with Crippen LogP contribution >= 0.6 is 0 Å². The first-order valence-electron chi connectivity index (χ1n) is 9.32. The maximum atomic E-state index is 13.2. The lowest BCUT2D eigenvalue weighted by molar-refractivity contribution is 0.0761. The van der Waals surface area contributed by atoms with Crippen LogP contribution in [-0.4, -0.2) is 38.2 Å². The van der Waals surface area contributed by atoms with Gasteiger partial charge < -0.3 is 9.47 Å². The number of amides is 1. The van der Waals surface area contributed by atoms with Gasteiger partial charge in [-0.05, 0) is 44.0 Å². The summed E-state index contributed by atoms with van der Waals surface area (Å²) in [6.07, 6.45) is 10.2. The molecule has 0 N–H and O–H groups in total. The molecule has 1 saturated heterocycles. The molecule has 1 fully saturated rings. The van der Waals surface area contributed by atoms with Crippen LogP contribution in [0.25, 0.3) is 11.5 Å². The number of nitrogens with zero attached hydrogens (tertiary/aromatic N) is 4. The van der Waals surface area contributed by atoms with Gasteiger partial charge in [-0.2, -0.15) is 5.10 Å². The summed E-state index contributed by atoms with van der Waals surface area (Å²) in [7, 11) is 0. The molecule has 1 aromatic carbocycles. The number of carbonyl (C=O) groups excluding carboxylic acids is 1. The second kappa shape index (κ2) is 7.20. The highest BCUT2D eigenvalue weighted by Crippen LogP contribution is 2.23. The van der Waals surface area contributed by atoms with E-state index in [1.165, 1.54) is 18.4 Å². The molecule has 1 amide bonds. The number of rotatable bonds is 3. The maximum absolute atomic E-state index is 13.2. The summed E-state index contributed by atoms with van der Waals surface area (Å²) in [6, 6.07) is 12.1. The topological polar surface area (TPSA) is 43.1 Å². The normalized spacial score (nSPS) is 15.0. The Balaban J connectivity index is 1.77. The van der Waals surface area contributed by atoms with Crippen LogP contribution < -0.4 is 0 Å². The number of hydrogen-bond donors (Lipinski definition) is 0. The molecule has 0 aliphatic carbocycles. The van der Waals surface area contributed by atoms with Crippen LogP contribution in [0.3, 0.4) is 0 Å². The Morgan fingerprint density at radius 2 is 1.62 bits per heavy atom. The Morgan fingerprint density at radius 1 is 0.962 bits per heavy atom. The summed E-state index contributed by atoms with van der Waals surface area (Å²) >= 11 is 0. The van der Waals surface area contributed by atoms with Gasteiger partial charge >= 0.3 is 0 Å². The zero-order valence-electron chi connectivity index (χ0n) is 15.1. The van der Waals surface area contributed by atoms with E-state index in [1.807, 2.05) is 50.8 Å². The third-order valence-corrected chi connectivity index (χ3v) is 5.00. The van der Waals surface area contributed by atoms with Crippen molar-refractivity contribution in [1.29, 1.82) is 0 Å². The maximum Gasteiger partial charge on any atom is 0.259 e. The molecule has 5 nitrogen and oxygen atoms in total. The van der Waals surface area contributed by atoms with Crippen LogP contribution in [-0.2, 0) is 0 Å². The van der Waals surface area contributed by atoms with E-state index in [0.717, 1.165) is 37.4 Å². The van der Waals surface area contributed by atoms with Crippen molar-refractivity contribution < 1.29 is 4.79 Å². The molecule has 4 rings (SSSR count). The number of aromatic nitrogens is 3. The quantitative estimate of drug-likeness (QED) is 0.718. The lowest BCUT2D eigenvalue weighted by Crippen LogP contribution is -2.32. The first kappa shape index (κ1) is 16.6. The third-order valence-electron chi connectivity index (χ3n) is 5.00. The lowest BCUT2D eigenvalue weighted by atomic mass is 10.2. The van der Waals surface area contributed by atoms with Crippen molar-refractivity contribution in [3.05, 3.63) is 66.1 Å². The molecular formula is C21H24N4O. The summed E-state index contributed by atoms with van der Waals surface area (Å²) < 4.78 is 3.82. The van der Waals surface area contributed by atoms with Crippen molar-refractivity contribution in [2.24, 2.45) is 0 Å². The fraction of sp³-hybridized carbons (Fsp3) is 0.333. The first-order chi connectivity index (χ1) is 12.7. The molecule has 0 bridgehead atoms. The highest BCUT2D eigenvalue weighted by Gasteiger charge is 2.24. The molecule has 2 aromatic heterocycles. The van der Waals surface area contributed by atoms with E-state index in [-0.39, 0.29) is 5.91 Å². The van der Waals surface area contributed by atoms with E-state index in [4.69, 9.17) is 0 Å². The van der Waals surface area contributed by atoms with Gasteiger partial charge in [0.2, 0.25) is 0 Å². The standard InChI is InChI=1S/C21H24N4O/c1-17-8-10-18(11-9-17)25-20(23-12-6-7-13-23)19(16-22-25)21(26)24-14-4-2-3-5-15-24/h6-13,16H,2-5,14-15H2,1H3. The average molecular weight is 348 g/mol. The zero-order valence-corrected chi connectivity index (χ0v) is 15.1. The van der Waals surface area contributed by atoms with Gasteiger partial charge in [-0.3, -0.25) is 4.79 Å². The van der Waals surface area contributed by atoms with E-state index in [1.54, 1.807) is 6.20 Å². The molecule has 3 heterocycles. The molecule has 0 atom stereocenters. The highest BCUT2D eigenvalue weighted by molar-refractivity contribution is 5.97. The van der Waals surface area contributed by atoms with Gasteiger partial charge in [-0.25, -0.2) is 4.68 Å². The van der Waals surface area contributed by atoms with E-state index in [0.29, 0.717) is 5.56 Å². The second-order valence-corrected chi connectivity index (χ2v) is 6.93. The SMILES string of the molecule is Cc1ccc(-n2ncc(C(=O)N3CCCCCC3)c2-n2cccc2)cc1. The molecule has 1 aliphatic rings. The smallest absolute Gasteiger partial charge is 0.259 e. The Morgan fingerprint density at radius 3 is 2.27 bits per heavy atom. The molecule has 1 aliphatic heterocycles. The van der Waals surface area contributed by atoms with Crippen molar-refractivity contribution in [2.45, 2.75) is 32.6 Å². The van der Waals surface area contributed by atoms with Gasteiger partial charge in [-0.15, -0.1) is 0 Å². The summed E-state index contributed by atoms with van der Waals surface area (Å²) in [4.78, 5) is 15.2. The molecule has 0 saturated carbocycles. The van der Waals surface area contributed by atoms with Crippen molar-refractivity contribution in [3.8, 4) is 11.5 Å². The summed E-state index contributed by atoms with van der Waals surface area (Å²) in [6.45, 7) is 3.73. The monoisotopic (exact) mass is 348 g/mol. The van der Waals surface area contributed by atoms with E-state index in [2.05, 4.69) is 24.2 Å². The Labute approximate surface area is 153 Å². The Hall–Kier alpha value is -2.82. The second-order valence-electron chi connectivity index (χ2n) is 6.93. The van der Waals surface area contributed by atoms with Gasteiger partial charge in [0, 0.05) is 25.5 Å². The van der Waals surface area contributed by atoms with Crippen LogP contribution in [0.5, 0.6) is 0 Å². The van der Waals surface area contributed by atoms with Crippen molar-refractivity contribution in [1.82, 2.24) is 19.2 Å². The highest BCUT2D eigenvalue weighted by atomic mass is 16.2. The summed E-state index contributed by atoms with van der Waals surface area (Å²) in [5.41, 5.74) is 2.81. The van der Waals surface area contributed by atoms with Crippen molar-refractivity contribution in [3.63, 3.8) is 0 Å². The first-order valence-corrected chi connectivity index (χ1v) is 9.32. The van der Waals surface area contributed by atoms with Crippen LogP contribution in [0, 0.1) is 6.92 Å². The Kier molecular flexibility index (Phi) is 4.61. The third kappa shape index (κ3) is 3.17. The molecule has 0 unspecified atom stereocenters. The molecule has 134 valence electrons. The lowest BCUT2D eigenvalue weighted by Gasteiger charge is -2.20. The van der Waals surface area contributed by atoms with Crippen LogP contribution in [0.2, 0.25) is 0 Å². The molecular weight excluding hydrogens is 324 g/mol. The Bertz CT molecular complexity index is 869. The van der Waals surface area contributed by atoms with E-state index >= 15 is 0 Å². The molecule has 0 spiro atoms. The molecule has 5 heteroatoms. The number of carbonyl (C=O) groups is 1. The van der Waals surface area contributed by atoms with E-state index < -0.39 is 0 Å². The van der Waals surface area contributed by atoms with Crippen molar-refractivity contribution >= 4 is 5.91 Å². The van der Waals surface area contributed by atoms with Crippen LogP contribution in [0.15, 0.2) is 55.0 Å². The predicted octanol–water partition coefficient (Wildman–Crippen LogP) is 3.99. The minimum Gasteiger partial charge on any atom is -0.338 e.